The smallest absolute Gasteiger partial charge is 0.229 e. The van der Waals surface area contributed by atoms with Gasteiger partial charge in [-0.2, -0.15) is 0 Å². The molecule has 1 heterocycles. The van der Waals surface area contributed by atoms with Crippen molar-refractivity contribution in [2.45, 2.75) is 44.2 Å². The van der Waals surface area contributed by atoms with Gasteiger partial charge in [-0.1, -0.05) is 24.3 Å². The quantitative estimate of drug-likeness (QED) is 0.496. The Morgan fingerprint density at radius 2 is 1.55 bits per heavy atom. The SMILES string of the molecule is CC(=O)c1ccc(COc2ccc(O[C@@H]3O[C@H](CO)[C@@H](O)[C@H](O)[C@H]3O)cc2)cc1. The lowest BCUT2D eigenvalue weighted by molar-refractivity contribution is -0.277. The molecule has 3 rings (SSSR count). The number of Topliss-reactive ketones (excluding diaryl/α,β-unsaturated/α-hetero) is 1. The molecule has 5 atom stereocenters. The van der Waals surface area contributed by atoms with Crippen molar-refractivity contribution >= 4 is 5.78 Å². The lowest BCUT2D eigenvalue weighted by Crippen LogP contribution is -2.60. The standard InChI is InChI=1S/C21H24O8/c1-12(23)14-4-2-13(3-5-14)11-27-15-6-8-16(9-7-15)28-21-20(26)19(25)18(24)17(10-22)29-21/h2-9,17-22,24-26H,10-11H2,1H3/t17-,18-,19+,20-,21-/m1/s1. The summed E-state index contributed by atoms with van der Waals surface area (Å²) >= 11 is 0. The molecule has 1 aliphatic heterocycles. The van der Waals surface area contributed by atoms with Gasteiger partial charge in [0.1, 0.15) is 42.5 Å². The maximum absolute atomic E-state index is 11.3. The Balaban J connectivity index is 1.56. The van der Waals surface area contributed by atoms with Crippen molar-refractivity contribution in [2.75, 3.05) is 6.61 Å². The normalized spacial score (nSPS) is 26.7. The minimum atomic E-state index is -1.50. The van der Waals surface area contributed by atoms with Crippen molar-refractivity contribution in [3.8, 4) is 11.5 Å². The third kappa shape index (κ3) is 5.11. The van der Waals surface area contributed by atoms with E-state index in [1.54, 1.807) is 36.4 Å². The summed E-state index contributed by atoms with van der Waals surface area (Å²) in [6.07, 6.45) is -6.67. The number of aliphatic hydroxyl groups is 4. The highest BCUT2D eigenvalue weighted by Crippen LogP contribution is 2.26. The molecular weight excluding hydrogens is 380 g/mol. The van der Waals surface area contributed by atoms with Crippen LogP contribution in [0.1, 0.15) is 22.8 Å². The number of hydrogen-bond donors (Lipinski definition) is 4. The summed E-state index contributed by atoms with van der Waals surface area (Å²) in [7, 11) is 0. The number of ether oxygens (including phenoxy) is 3. The van der Waals surface area contributed by atoms with E-state index in [4.69, 9.17) is 14.2 Å². The van der Waals surface area contributed by atoms with Crippen LogP contribution in [-0.2, 0) is 11.3 Å². The summed E-state index contributed by atoms with van der Waals surface area (Å²) in [6.45, 7) is 1.31. The van der Waals surface area contributed by atoms with E-state index in [0.29, 0.717) is 23.7 Å². The summed E-state index contributed by atoms with van der Waals surface area (Å²) < 4.78 is 16.5. The summed E-state index contributed by atoms with van der Waals surface area (Å²) in [4.78, 5) is 11.3. The van der Waals surface area contributed by atoms with Crippen LogP contribution in [0, 0.1) is 0 Å². The van der Waals surface area contributed by atoms with Crippen molar-refractivity contribution in [3.05, 3.63) is 59.7 Å². The maximum atomic E-state index is 11.3. The molecule has 0 bridgehead atoms. The number of benzene rings is 2. The van der Waals surface area contributed by atoms with Gasteiger partial charge in [0.2, 0.25) is 6.29 Å². The molecule has 4 N–H and O–H groups in total. The minimum Gasteiger partial charge on any atom is -0.489 e. The Kier molecular flexibility index (Phi) is 6.83. The molecule has 0 radical (unpaired) electrons. The number of ketones is 1. The van der Waals surface area contributed by atoms with E-state index in [-0.39, 0.29) is 5.78 Å². The van der Waals surface area contributed by atoms with Crippen molar-refractivity contribution in [3.63, 3.8) is 0 Å². The lowest BCUT2D eigenvalue weighted by atomic mass is 9.99. The fourth-order valence-corrected chi connectivity index (χ4v) is 2.92. The maximum Gasteiger partial charge on any atom is 0.229 e. The summed E-state index contributed by atoms with van der Waals surface area (Å²) in [6, 6.07) is 13.7. The average Bonchev–Trinajstić information content (AvgIpc) is 2.74. The van der Waals surface area contributed by atoms with Gasteiger partial charge in [0, 0.05) is 5.56 Å². The van der Waals surface area contributed by atoms with E-state index in [1.165, 1.54) is 6.92 Å². The molecule has 156 valence electrons. The number of carbonyl (C=O) groups excluding carboxylic acids is 1. The number of hydrogen-bond acceptors (Lipinski definition) is 8. The fraction of sp³-hybridized carbons (Fsp3) is 0.381. The molecule has 0 aromatic heterocycles. The van der Waals surface area contributed by atoms with Crippen molar-refractivity contribution in [1.29, 1.82) is 0 Å². The number of aliphatic hydroxyl groups excluding tert-OH is 4. The van der Waals surface area contributed by atoms with Gasteiger partial charge in [0.05, 0.1) is 6.61 Å². The Morgan fingerprint density at radius 3 is 2.14 bits per heavy atom. The van der Waals surface area contributed by atoms with Gasteiger partial charge in [-0.05, 0) is 36.8 Å². The third-order valence-corrected chi connectivity index (χ3v) is 4.69. The van der Waals surface area contributed by atoms with Gasteiger partial charge in [-0.3, -0.25) is 4.79 Å². The lowest BCUT2D eigenvalue weighted by Gasteiger charge is -2.39. The van der Waals surface area contributed by atoms with E-state index < -0.39 is 37.3 Å². The first kappa shape index (κ1) is 21.2. The summed E-state index contributed by atoms with van der Waals surface area (Å²) in [5, 5.41) is 38.8. The zero-order valence-corrected chi connectivity index (χ0v) is 15.8. The Morgan fingerprint density at radius 1 is 0.931 bits per heavy atom. The van der Waals surface area contributed by atoms with Crippen molar-refractivity contribution in [1.82, 2.24) is 0 Å². The first-order valence-electron chi connectivity index (χ1n) is 9.19. The van der Waals surface area contributed by atoms with Crippen LogP contribution in [0.15, 0.2) is 48.5 Å². The van der Waals surface area contributed by atoms with Crippen LogP contribution in [0.25, 0.3) is 0 Å². The van der Waals surface area contributed by atoms with Gasteiger partial charge in [-0.15, -0.1) is 0 Å². The van der Waals surface area contributed by atoms with Crippen molar-refractivity contribution < 1.29 is 39.4 Å². The topological polar surface area (TPSA) is 126 Å². The van der Waals surface area contributed by atoms with Crippen molar-refractivity contribution in [2.24, 2.45) is 0 Å². The highest BCUT2D eigenvalue weighted by molar-refractivity contribution is 5.93. The molecule has 2 aromatic rings. The van der Waals surface area contributed by atoms with E-state index >= 15 is 0 Å². The first-order chi connectivity index (χ1) is 13.9. The Labute approximate surface area is 167 Å². The molecule has 8 nitrogen and oxygen atoms in total. The van der Waals surface area contributed by atoms with E-state index in [1.807, 2.05) is 12.1 Å². The average molecular weight is 404 g/mol. The van der Waals surface area contributed by atoms with Gasteiger partial charge >= 0.3 is 0 Å². The van der Waals surface area contributed by atoms with Crippen LogP contribution in [0.4, 0.5) is 0 Å². The third-order valence-electron chi connectivity index (χ3n) is 4.69. The monoisotopic (exact) mass is 404 g/mol. The molecule has 0 spiro atoms. The zero-order chi connectivity index (χ0) is 21.0. The molecule has 1 saturated heterocycles. The molecule has 2 aromatic carbocycles. The second-order valence-corrected chi connectivity index (χ2v) is 6.83. The molecular formula is C21H24O8. The number of carbonyl (C=O) groups is 1. The van der Waals surface area contributed by atoms with Crippen LogP contribution in [0.5, 0.6) is 11.5 Å². The molecule has 0 amide bonds. The van der Waals surface area contributed by atoms with Gasteiger partial charge in [0.25, 0.3) is 0 Å². The summed E-state index contributed by atoms with van der Waals surface area (Å²) in [5.41, 5.74) is 1.56. The fourth-order valence-electron chi connectivity index (χ4n) is 2.92. The summed E-state index contributed by atoms with van der Waals surface area (Å²) in [5.74, 6) is 0.946. The Hall–Kier alpha value is -2.49. The molecule has 0 saturated carbocycles. The van der Waals surface area contributed by atoms with Gasteiger partial charge in [0.15, 0.2) is 5.78 Å². The van der Waals surface area contributed by atoms with E-state index in [0.717, 1.165) is 5.56 Å². The second-order valence-electron chi connectivity index (χ2n) is 6.83. The molecule has 29 heavy (non-hydrogen) atoms. The van der Waals surface area contributed by atoms with Crippen LogP contribution >= 0.6 is 0 Å². The molecule has 0 unspecified atom stereocenters. The van der Waals surface area contributed by atoms with Crippen LogP contribution in [0.2, 0.25) is 0 Å². The molecule has 1 fully saturated rings. The first-order valence-corrected chi connectivity index (χ1v) is 9.19. The molecule has 0 aliphatic carbocycles. The minimum absolute atomic E-state index is 0.00691. The molecule has 8 heteroatoms. The predicted octanol–water partition coefficient (Wildman–Crippen LogP) is 0.647. The highest BCUT2D eigenvalue weighted by Gasteiger charge is 2.44. The van der Waals surface area contributed by atoms with Crippen LogP contribution in [0.3, 0.4) is 0 Å². The predicted molar refractivity (Wildman–Crippen MR) is 102 cm³/mol. The van der Waals surface area contributed by atoms with Gasteiger partial charge < -0.3 is 34.6 Å². The number of rotatable bonds is 7. The Bertz CT molecular complexity index is 802. The molecule has 1 aliphatic rings. The highest BCUT2D eigenvalue weighted by atomic mass is 16.7. The second kappa shape index (κ2) is 9.34. The van der Waals surface area contributed by atoms with Gasteiger partial charge in [-0.25, -0.2) is 0 Å². The van der Waals surface area contributed by atoms with E-state index in [2.05, 4.69) is 0 Å². The largest absolute Gasteiger partial charge is 0.489 e. The zero-order valence-electron chi connectivity index (χ0n) is 15.8. The van der Waals surface area contributed by atoms with Crippen LogP contribution in [-0.4, -0.2) is 63.5 Å². The van der Waals surface area contributed by atoms with E-state index in [9.17, 15) is 25.2 Å². The van der Waals surface area contributed by atoms with Crippen LogP contribution < -0.4 is 9.47 Å².